The second-order valence-electron chi connectivity index (χ2n) is 2.40. The van der Waals surface area contributed by atoms with Gasteiger partial charge < -0.3 is 4.90 Å². The highest BCUT2D eigenvalue weighted by Gasteiger charge is 2.46. The van der Waals surface area contributed by atoms with Crippen LogP contribution in [0.15, 0.2) is 0 Å². The second-order valence-corrected chi connectivity index (χ2v) is 4.51. The quantitative estimate of drug-likeness (QED) is 0.442. The molecule has 0 aromatic heterocycles. The number of rotatable bonds is 3. The summed E-state index contributed by atoms with van der Waals surface area (Å²) in [5.41, 5.74) is 0. The molecule has 2 aliphatic heterocycles. The summed E-state index contributed by atoms with van der Waals surface area (Å²) in [5, 5.41) is 0. The molecular weight excluding hydrogens is 139 g/mol. The van der Waals surface area contributed by atoms with Gasteiger partial charge in [0.05, 0.1) is 0 Å². The lowest BCUT2D eigenvalue weighted by atomic mass is 11.0. The summed E-state index contributed by atoms with van der Waals surface area (Å²) < 4.78 is 21.6. The lowest BCUT2D eigenvalue weighted by Gasteiger charge is -2.10. The number of nitrogens with zero attached hydrogens (tertiary/aromatic N) is 2. The Morgan fingerprint density at radius 3 is 2.00 bits per heavy atom. The first-order valence-corrected chi connectivity index (χ1v) is 4.56. The van der Waals surface area contributed by atoms with E-state index in [1.807, 2.05) is 0 Å². The van der Waals surface area contributed by atoms with E-state index in [9.17, 15) is 4.57 Å². The Morgan fingerprint density at radius 2 is 1.78 bits per heavy atom. The van der Waals surface area contributed by atoms with Gasteiger partial charge in [-0.3, -0.25) is 4.57 Å². The summed E-state index contributed by atoms with van der Waals surface area (Å²) in [6, 6.07) is 0. The summed E-state index contributed by atoms with van der Waals surface area (Å²) in [4.78, 5) is 4.24. The van der Waals surface area contributed by atoms with Crippen molar-refractivity contribution in [3.05, 3.63) is 0 Å². The summed E-state index contributed by atoms with van der Waals surface area (Å²) in [6.07, 6.45) is 0. The molecule has 2 aliphatic rings. The van der Waals surface area contributed by atoms with Crippen LogP contribution in [0.2, 0.25) is 0 Å². The molecule has 0 spiro atoms. The van der Waals surface area contributed by atoms with Gasteiger partial charge in [-0.25, -0.2) is 9.34 Å². The van der Waals surface area contributed by atoms with Gasteiger partial charge in [0.1, 0.15) is 0 Å². The van der Waals surface area contributed by atoms with Crippen LogP contribution in [-0.2, 0) is 4.57 Å². The van der Waals surface area contributed by atoms with E-state index in [2.05, 4.69) is 4.90 Å². The maximum absolute atomic E-state index is 11.5. The van der Waals surface area contributed by atoms with Gasteiger partial charge in [0.25, 0.3) is 0 Å². The molecule has 0 unspecified atom stereocenters. The highest BCUT2D eigenvalue weighted by Crippen LogP contribution is 2.56. The third kappa shape index (κ3) is 0.923. The normalized spacial score (nSPS) is 30.0. The fourth-order valence-corrected chi connectivity index (χ4v) is 2.32. The average molecular weight is 149 g/mol. The van der Waals surface area contributed by atoms with Crippen molar-refractivity contribution in [2.75, 3.05) is 26.2 Å². The Morgan fingerprint density at radius 1 is 1.33 bits per heavy atom. The minimum absolute atomic E-state index is 0.812. The van der Waals surface area contributed by atoms with E-state index in [-0.39, 0.29) is 0 Å². The third-order valence-corrected chi connectivity index (χ3v) is 3.79. The predicted molar refractivity (Wildman–Crippen MR) is 33.0 cm³/mol. The van der Waals surface area contributed by atoms with Crippen molar-refractivity contribution >= 4 is 7.67 Å². The summed E-state index contributed by atoms with van der Waals surface area (Å²) in [5.74, 6) is 0. The van der Waals surface area contributed by atoms with E-state index >= 15 is 0 Å². The van der Waals surface area contributed by atoms with Crippen molar-refractivity contribution in [2.24, 2.45) is 0 Å². The lowest BCUT2D eigenvalue weighted by Crippen LogP contribution is -2.01. The van der Waals surface area contributed by atoms with Gasteiger partial charge in [0, 0.05) is 26.2 Å². The van der Waals surface area contributed by atoms with Gasteiger partial charge in [-0.1, -0.05) is 0 Å². The molecule has 2 saturated heterocycles. The van der Waals surface area contributed by atoms with E-state index in [4.69, 9.17) is 1.43 Å². The van der Waals surface area contributed by atoms with Crippen molar-refractivity contribution < 1.29 is 9.46 Å². The average Bonchev–Trinajstić information content (AvgIpc) is 2.73. The molecule has 2 fully saturated rings. The van der Waals surface area contributed by atoms with Crippen LogP contribution in [-0.4, -0.2) is 41.8 Å². The predicted octanol–water partition coefficient (Wildman–Crippen LogP) is -0.282. The first-order valence-electron chi connectivity index (χ1n) is 3.44. The molecule has 5 heteroatoms. The summed E-state index contributed by atoms with van der Waals surface area (Å²) in [6.45, 7) is 3.25. The van der Waals surface area contributed by atoms with Crippen LogP contribution in [0.25, 0.3) is 0 Å². The molecule has 1 N–H and O–H groups in total. The SMILES string of the molecule is [2H]OP(=O)(N1CC1)N1CC1. The third-order valence-electron chi connectivity index (χ3n) is 1.56. The zero-order valence-electron chi connectivity index (χ0n) is 5.99. The molecule has 0 aliphatic carbocycles. The maximum Gasteiger partial charge on any atom is 0.343 e. The molecular formula is C4H9N2O2P. The van der Waals surface area contributed by atoms with Gasteiger partial charge in [-0.2, -0.15) is 0 Å². The molecule has 0 atom stereocenters. The molecule has 4 nitrogen and oxygen atoms in total. The first kappa shape index (κ1) is 4.85. The standard InChI is InChI=1S/C4H9N2O2P/c7-9(8,5-1-2-5)6-3-4-6/h1-4H2,(H,7,8)/i/hD. The van der Waals surface area contributed by atoms with Gasteiger partial charge in [-0.15, -0.1) is 0 Å². The molecule has 0 radical (unpaired) electrons. The fraction of sp³-hybridized carbons (Fsp3) is 1.00. The Balaban J connectivity index is 2.11. The largest absolute Gasteiger partial charge is 0.343 e. The van der Waals surface area contributed by atoms with Crippen molar-refractivity contribution in [3.63, 3.8) is 0 Å². The Kier molecular flexibility index (Phi) is 0.852. The minimum atomic E-state index is -2.79. The highest BCUT2D eigenvalue weighted by atomic mass is 31.2. The topological polar surface area (TPSA) is 43.3 Å². The van der Waals surface area contributed by atoms with Crippen molar-refractivity contribution in [1.82, 2.24) is 9.34 Å². The number of hydrogen-bond donors (Lipinski definition) is 1. The zero-order chi connectivity index (χ0) is 7.19. The van der Waals surface area contributed by atoms with Crippen molar-refractivity contribution in [1.29, 1.82) is 1.43 Å². The molecule has 2 heterocycles. The van der Waals surface area contributed by atoms with Crippen molar-refractivity contribution in [2.45, 2.75) is 0 Å². The summed E-state index contributed by atoms with van der Waals surface area (Å²) in [7, 11) is -2.79. The first-order chi connectivity index (χ1) is 4.77. The van der Waals surface area contributed by atoms with Crippen LogP contribution in [0.5, 0.6) is 0 Å². The molecule has 0 bridgehead atoms. The smallest absolute Gasteiger partial charge is 0.322 e. The van der Waals surface area contributed by atoms with Crippen LogP contribution in [0.4, 0.5) is 0 Å². The van der Waals surface area contributed by atoms with Crippen LogP contribution < -0.4 is 0 Å². The second kappa shape index (κ2) is 1.58. The van der Waals surface area contributed by atoms with Crippen LogP contribution in [0.3, 0.4) is 0 Å². The van der Waals surface area contributed by atoms with Crippen LogP contribution in [0.1, 0.15) is 0 Å². The molecule has 52 valence electrons. The molecule has 0 aromatic carbocycles. The molecule has 9 heavy (non-hydrogen) atoms. The summed E-state index contributed by atoms with van der Waals surface area (Å²) >= 11 is 0. The molecule has 0 aromatic rings. The lowest BCUT2D eigenvalue weighted by molar-refractivity contribution is 0.404. The Labute approximate surface area is 55.1 Å². The van der Waals surface area contributed by atoms with Gasteiger partial charge >= 0.3 is 7.67 Å². The van der Waals surface area contributed by atoms with Crippen LogP contribution in [0, 0.1) is 0 Å². The van der Waals surface area contributed by atoms with E-state index in [1.165, 1.54) is 0 Å². The van der Waals surface area contributed by atoms with Gasteiger partial charge in [0.15, 0.2) is 0 Å². The maximum atomic E-state index is 11.5. The molecule has 0 saturated carbocycles. The van der Waals surface area contributed by atoms with E-state index < -0.39 is 7.67 Å². The fourth-order valence-electron chi connectivity index (χ4n) is 0.774. The van der Waals surface area contributed by atoms with Gasteiger partial charge in [-0.05, 0) is 0 Å². The van der Waals surface area contributed by atoms with Crippen LogP contribution >= 0.6 is 7.67 Å². The number of hydrogen-bond acceptors (Lipinski definition) is 2. The van der Waals surface area contributed by atoms with E-state index in [1.54, 1.807) is 9.34 Å². The monoisotopic (exact) mass is 149 g/mol. The van der Waals surface area contributed by atoms with E-state index in [0.717, 1.165) is 26.2 Å². The van der Waals surface area contributed by atoms with Crippen molar-refractivity contribution in [3.8, 4) is 0 Å². The Hall–Kier alpha value is 0.110. The van der Waals surface area contributed by atoms with E-state index in [0.29, 0.717) is 0 Å². The highest BCUT2D eigenvalue weighted by molar-refractivity contribution is 7.53. The zero-order valence-corrected chi connectivity index (χ0v) is 5.88. The van der Waals surface area contributed by atoms with Gasteiger partial charge in [0.2, 0.25) is 1.43 Å². The minimum Gasteiger partial charge on any atom is -0.322 e. The molecule has 2 rings (SSSR count). The molecule has 0 amide bonds. The Bertz CT molecular complexity index is 176.